The molecule has 0 aliphatic carbocycles. The Kier molecular flexibility index (Phi) is 14.1. The Balaban J connectivity index is 1.71. The van der Waals surface area contributed by atoms with Crippen LogP contribution in [0.15, 0.2) is 99.6 Å². The van der Waals surface area contributed by atoms with E-state index in [4.69, 9.17) is 8.37 Å². The van der Waals surface area contributed by atoms with Crippen LogP contribution in [0.2, 0.25) is 0 Å². The van der Waals surface area contributed by atoms with Gasteiger partial charge in [0.1, 0.15) is 5.82 Å². The largest absolute Gasteiger partial charge is 0.466 e. The van der Waals surface area contributed by atoms with E-state index in [1.54, 1.807) is 60.7 Å². The summed E-state index contributed by atoms with van der Waals surface area (Å²) >= 11 is 3.42. The predicted molar refractivity (Wildman–Crippen MR) is 168 cm³/mol. The van der Waals surface area contributed by atoms with Gasteiger partial charge in [0.05, 0.1) is 6.61 Å². The minimum atomic E-state index is -5.90. The van der Waals surface area contributed by atoms with Crippen LogP contribution < -0.4 is 0 Å². The zero-order valence-corrected chi connectivity index (χ0v) is 27.2. The van der Waals surface area contributed by atoms with Crippen molar-refractivity contribution in [3.63, 3.8) is 0 Å². The molecule has 0 amide bonds. The van der Waals surface area contributed by atoms with Gasteiger partial charge in [-0.05, 0) is 71.7 Å². The van der Waals surface area contributed by atoms with Crippen LogP contribution in [0.3, 0.4) is 0 Å². The topological polar surface area (TPSA) is 69.7 Å². The van der Waals surface area contributed by atoms with Gasteiger partial charge < -0.3 is 4.74 Å². The van der Waals surface area contributed by atoms with E-state index >= 15 is 8.78 Å². The summed E-state index contributed by atoms with van der Waals surface area (Å²) in [6.07, 6.45) is 9.92. The minimum Gasteiger partial charge on any atom is -0.460 e. The SMILES string of the molecule is O=C(OCCCCCCCCCCCCBr)C(F)(F)S(=O)(=O)OS(c1ccccc1)(c1ccccc1)c1ccc(F)cc1. The van der Waals surface area contributed by atoms with Gasteiger partial charge in [0.2, 0.25) is 0 Å². The molecule has 0 aromatic heterocycles. The number of esters is 1. The minimum absolute atomic E-state index is 0.151. The molecule has 0 aliphatic heterocycles. The Bertz CT molecular complexity index is 1320. The zero-order valence-electron chi connectivity index (χ0n) is 23.9. The Labute approximate surface area is 263 Å². The van der Waals surface area contributed by atoms with Crippen molar-refractivity contribution in [3.8, 4) is 0 Å². The molecule has 3 aromatic carbocycles. The molecule has 0 unspecified atom stereocenters. The number of benzene rings is 3. The molecule has 11 heteroatoms. The quantitative estimate of drug-likeness (QED) is 0.0707. The third kappa shape index (κ3) is 9.57. The van der Waals surface area contributed by atoms with E-state index in [-0.39, 0.29) is 21.3 Å². The fraction of sp³-hybridized carbons (Fsp3) is 0.406. The smallest absolute Gasteiger partial charge is 0.460 e. The fourth-order valence-corrected chi connectivity index (χ4v) is 9.95. The highest BCUT2D eigenvalue weighted by atomic mass is 79.9. The van der Waals surface area contributed by atoms with Crippen LogP contribution in [-0.4, -0.2) is 31.6 Å². The number of hydrogen-bond donors (Lipinski definition) is 0. The molecule has 0 radical (unpaired) electrons. The second-order valence-corrected chi connectivity index (χ2v) is 15.3. The van der Waals surface area contributed by atoms with Gasteiger partial charge in [-0.2, -0.15) is 17.2 Å². The summed E-state index contributed by atoms with van der Waals surface area (Å²) in [4.78, 5) is 13.1. The molecule has 0 N–H and O–H groups in total. The Morgan fingerprint density at radius 3 is 1.53 bits per heavy atom. The molecule has 3 aromatic rings. The number of carbonyl (C=O) groups excluding carboxylic acids is 1. The Morgan fingerprint density at radius 2 is 1.07 bits per heavy atom. The highest BCUT2D eigenvalue weighted by Gasteiger charge is 2.58. The van der Waals surface area contributed by atoms with Crippen LogP contribution in [0.1, 0.15) is 64.2 Å². The van der Waals surface area contributed by atoms with Gasteiger partial charge in [-0.25, -0.2) is 12.8 Å². The molecule has 0 saturated carbocycles. The van der Waals surface area contributed by atoms with Crippen LogP contribution in [0, 0.1) is 5.82 Å². The number of carbonyl (C=O) groups is 1. The summed E-state index contributed by atoms with van der Waals surface area (Å²) in [5.74, 6) is -2.79. The molecule has 0 saturated heterocycles. The van der Waals surface area contributed by atoms with Crippen LogP contribution in [-0.2, 0) is 23.3 Å². The molecule has 5 nitrogen and oxygen atoms in total. The Morgan fingerprint density at radius 1 is 0.651 bits per heavy atom. The van der Waals surface area contributed by atoms with Crippen molar-refractivity contribution in [2.75, 3.05) is 11.9 Å². The lowest BCUT2D eigenvalue weighted by Gasteiger charge is -2.39. The lowest BCUT2D eigenvalue weighted by atomic mass is 10.1. The van der Waals surface area contributed by atoms with E-state index in [2.05, 4.69) is 15.9 Å². The Hall–Kier alpha value is -2.34. The second-order valence-electron chi connectivity index (χ2n) is 10.0. The molecule has 43 heavy (non-hydrogen) atoms. The normalized spacial score (nSPS) is 12.7. The summed E-state index contributed by atoms with van der Waals surface area (Å²) in [5.41, 5.74) is 0. The third-order valence-corrected chi connectivity index (χ3v) is 12.5. The molecule has 0 aliphatic rings. The number of ether oxygens (including phenoxy) is 1. The van der Waals surface area contributed by atoms with Gasteiger partial charge in [-0.1, -0.05) is 104 Å². The van der Waals surface area contributed by atoms with Gasteiger partial charge in [0.25, 0.3) is 0 Å². The molecule has 236 valence electrons. The van der Waals surface area contributed by atoms with Crippen molar-refractivity contribution in [2.45, 2.75) is 84.1 Å². The maximum atomic E-state index is 15.3. The first-order valence-corrected chi connectivity index (χ1v) is 18.5. The molecular weight excluding hydrogens is 665 g/mol. The van der Waals surface area contributed by atoms with Crippen molar-refractivity contribution >= 4 is 42.3 Å². The first-order chi connectivity index (χ1) is 20.6. The van der Waals surface area contributed by atoms with Crippen molar-refractivity contribution in [2.24, 2.45) is 0 Å². The van der Waals surface area contributed by atoms with Crippen LogP contribution in [0.4, 0.5) is 13.2 Å². The van der Waals surface area contributed by atoms with Crippen LogP contribution in [0.5, 0.6) is 0 Å². The third-order valence-electron chi connectivity index (χ3n) is 6.80. The molecule has 0 heterocycles. The number of alkyl halides is 3. The number of halogens is 4. The number of hydrogen-bond acceptors (Lipinski definition) is 5. The summed E-state index contributed by atoms with van der Waals surface area (Å²) in [6.45, 7) is -0.330. The van der Waals surface area contributed by atoms with E-state index < -0.39 is 37.5 Å². The maximum Gasteiger partial charge on any atom is 0.466 e. The fourth-order valence-electron chi connectivity index (χ4n) is 4.52. The maximum absolute atomic E-state index is 15.3. The molecule has 0 fully saturated rings. The molecule has 3 rings (SSSR count). The molecule has 0 bridgehead atoms. The second kappa shape index (κ2) is 17.2. The van der Waals surface area contributed by atoms with Crippen molar-refractivity contribution in [1.82, 2.24) is 0 Å². The van der Waals surface area contributed by atoms with Crippen molar-refractivity contribution in [3.05, 3.63) is 90.7 Å². The van der Waals surface area contributed by atoms with Crippen LogP contribution in [0.25, 0.3) is 0 Å². The summed E-state index contributed by atoms with van der Waals surface area (Å²) < 4.78 is 81.3. The van der Waals surface area contributed by atoms with E-state index in [9.17, 15) is 17.6 Å². The zero-order chi connectivity index (χ0) is 31.2. The first kappa shape index (κ1) is 35.1. The number of unbranched alkanes of at least 4 members (excludes halogenated alkanes) is 9. The summed E-state index contributed by atoms with van der Waals surface area (Å²) in [6, 6.07) is 20.7. The monoisotopic (exact) mass is 702 g/mol. The first-order valence-electron chi connectivity index (χ1n) is 14.4. The van der Waals surface area contributed by atoms with Gasteiger partial charge in [-0.3, -0.25) is 0 Å². The highest BCUT2D eigenvalue weighted by Crippen LogP contribution is 2.70. The highest BCUT2D eigenvalue weighted by molar-refractivity contribution is 9.09. The van der Waals surface area contributed by atoms with E-state index in [1.807, 2.05) is 0 Å². The van der Waals surface area contributed by atoms with E-state index in [0.29, 0.717) is 12.8 Å². The van der Waals surface area contributed by atoms with Gasteiger partial charge in [0, 0.05) is 20.0 Å². The molecule has 0 spiro atoms. The lowest BCUT2D eigenvalue weighted by molar-refractivity contribution is -0.161. The molecule has 0 atom stereocenters. The standard InChI is InChI=1S/C32H38BrF3O5S2/c33-25-15-7-5-3-1-2-4-6-8-16-26-40-31(37)32(35,36)43(38,39)41-42(28-17-11-9-12-18-28,29-19-13-10-14-20-29)30-23-21-27(34)22-24-30/h9-14,17-24H,1-8,15-16,25-26H2. The van der Waals surface area contributed by atoms with Gasteiger partial charge >= 0.3 is 21.3 Å². The average molecular weight is 704 g/mol. The van der Waals surface area contributed by atoms with Gasteiger partial charge in [-0.15, -0.1) is 0 Å². The van der Waals surface area contributed by atoms with E-state index in [0.717, 1.165) is 43.1 Å². The summed E-state index contributed by atoms with van der Waals surface area (Å²) in [7, 11) is -9.32. The van der Waals surface area contributed by atoms with Crippen molar-refractivity contribution in [1.29, 1.82) is 0 Å². The average Bonchev–Trinajstić information content (AvgIpc) is 3.01. The number of rotatable bonds is 19. The van der Waals surface area contributed by atoms with Gasteiger partial charge in [0.15, 0.2) is 0 Å². The van der Waals surface area contributed by atoms with E-state index in [1.165, 1.54) is 37.8 Å². The van der Waals surface area contributed by atoms with Crippen molar-refractivity contribution < 1.29 is 34.7 Å². The van der Waals surface area contributed by atoms with Crippen LogP contribution >= 0.6 is 26.2 Å². The molecular formula is C32H38BrF3O5S2. The summed E-state index contributed by atoms with van der Waals surface area (Å²) in [5, 5.41) is -3.95. The lowest BCUT2D eigenvalue weighted by Crippen LogP contribution is -2.41. The predicted octanol–water partition coefficient (Wildman–Crippen LogP) is 9.80.